The van der Waals surface area contributed by atoms with Crippen LogP contribution in [-0.4, -0.2) is 122 Å². The molecule has 0 radical (unpaired) electrons. The Balaban J connectivity index is 0.000000670. The smallest absolute Gasteiger partial charge is 0.425 e. The number of aliphatic carboxylic acids is 1. The topological polar surface area (TPSA) is 262 Å². The van der Waals surface area contributed by atoms with Gasteiger partial charge in [-0.1, -0.05) is 31.5 Å². The molecule has 3 aromatic rings. The molecule has 16 nitrogen and oxygen atoms in total. The van der Waals surface area contributed by atoms with Gasteiger partial charge in [0.2, 0.25) is 5.91 Å². The van der Waals surface area contributed by atoms with Crippen LogP contribution >= 0.6 is 11.3 Å². The van der Waals surface area contributed by atoms with Crippen LogP contribution in [0.1, 0.15) is 71.9 Å². The van der Waals surface area contributed by atoms with Crippen molar-refractivity contribution in [3.8, 4) is 11.5 Å². The second kappa shape index (κ2) is 17.5. The maximum atomic E-state index is 13.9. The van der Waals surface area contributed by atoms with Gasteiger partial charge in [0.05, 0.1) is 17.1 Å². The maximum absolute atomic E-state index is 13.9. The zero-order chi connectivity index (χ0) is 44.4. The van der Waals surface area contributed by atoms with Crippen molar-refractivity contribution in [3.05, 3.63) is 75.7 Å². The number of likely N-dealkylation sites (tertiary alicyclic amines) is 2. The molecule has 2 aliphatic heterocycles. The minimum absolute atomic E-state index is 0.0752. The number of carbonyl (C=O) groups is 3. The number of hydrogen-bond donors (Lipinski definition) is 9. The van der Waals surface area contributed by atoms with Gasteiger partial charge in [-0.3, -0.25) is 14.6 Å². The Bertz CT molecular complexity index is 1970. The van der Waals surface area contributed by atoms with E-state index in [4.69, 9.17) is 14.9 Å². The molecule has 2 saturated heterocycles. The number of piperidine rings is 2. The van der Waals surface area contributed by atoms with Gasteiger partial charge < -0.3 is 60.5 Å². The summed E-state index contributed by atoms with van der Waals surface area (Å²) in [4.78, 5) is 44.2. The molecular weight excluding hydrogens is 828 g/mol. The van der Waals surface area contributed by atoms with E-state index in [-0.39, 0.29) is 49.7 Å². The molecule has 23 heteroatoms. The van der Waals surface area contributed by atoms with Gasteiger partial charge in [-0.05, 0) is 50.3 Å². The van der Waals surface area contributed by atoms with Crippen LogP contribution < -0.4 is 4.74 Å². The number of halogens is 6. The van der Waals surface area contributed by atoms with Crippen LogP contribution in [0.4, 0.5) is 26.3 Å². The first-order valence-corrected chi connectivity index (χ1v) is 18.6. The largest absolute Gasteiger partial charge is 0.507 e. The van der Waals surface area contributed by atoms with E-state index >= 15 is 0 Å². The molecule has 2 aromatic heterocycles. The van der Waals surface area contributed by atoms with Gasteiger partial charge in [0.25, 0.3) is 5.91 Å². The molecule has 2 unspecified atom stereocenters. The van der Waals surface area contributed by atoms with Gasteiger partial charge in [-0.2, -0.15) is 26.3 Å². The highest BCUT2D eigenvalue weighted by molar-refractivity contribution is 7.10. The zero-order valence-corrected chi connectivity index (χ0v) is 31.7. The molecule has 0 saturated carbocycles. The molecule has 2 amide bonds. The van der Waals surface area contributed by atoms with Gasteiger partial charge >= 0.3 is 35.9 Å². The van der Waals surface area contributed by atoms with E-state index in [9.17, 15) is 76.5 Å². The number of nitrogens with zero attached hydrogens (tertiary/aromatic N) is 3. The summed E-state index contributed by atoms with van der Waals surface area (Å²) in [6.07, 6.45) is -6.88. The van der Waals surface area contributed by atoms with Gasteiger partial charge in [0.1, 0.15) is 22.1 Å². The number of thiophene rings is 1. The molecule has 5 rings (SSSR count). The van der Waals surface area contributed by atoms with Crippen LogP contribution in [0.3, 0.4) is 0 Å². The third-order valence-electron chi connectivity index (χ3n) is 9.90. The fourth-order valence-electron chi connectivity index (χ4n) is 6.81. The lowest BCUT2D eigenvalue weighted by molar-refractivity contribution is -0.490. The first kappa shape index (κ1) is 47.1. The fourth-order valence-corrected chi connectivity index (χ4v) is 7.45. The van der Waals surface area contributed by atoms with Crippen molar-refractivity contribution in [2.24, 2.45) is 5.92 Å². The van der Waals surface area contributed by atoms with E-state index in [2.05, 4.69) is 4.98 Å². The summed E-state index contributed by atoms with van der Waals surface area (Å²) in [6, 6.07) is 6.84. The monoisotopic (exact) mass is 869 g/mol. The van der Waals surface area contributed by atoms with Gasteiger partial charge in [0, 0.05) is 48.9 Å². The summed E-state index contributed by atoms with van der Waals surface area (Å²) in [5, 5.41) is 89.7. The Morgan fingerprint density at radius 2 is 1.56 bits per heavy atom. The number of ether oxygens (including phenoxy) is 1. The first-order chi connectivity index (χ1) is 27.2. The molecule has 9 N–H and O–H groups in total. The van der Waals surface area contributed by atoms with E-state index in [1.807, 2.05) is 6.92 Å². The van der Waals surface area contributed by atoms with Crippen molar-refractivity contribution in [3.63, 3.8) is 0 Å². The summed E-state index contributed by atoms with van der Waals surface area (Å²) in [5.41, 5.74) is -3.94. The number of aromatic hydroxyl groups is 1. The molecule has 326 valence electrons. The average molecular weight is 870 g/mol. The normalized spacial score (nSPS) is 19.1. The summed E-state index contributed by atoms with van der Waals surface area (Å²) >= 11 is 0.481. The molecule has 2 aliphatic rings. The van der Waals surface area contributed by atoms with Crippen LogP contribution in [0.25, 0.3) is 0 Å². The number of aromatic nitrogens is 1. The molecule has 0 spiro atoms. The Labute approximate surface area is 334 Å². The number of benzene rings is 1. The lowest BCUT2D eigenvalue weighted by Crippen LogP contribution is -2.73. The molecule has 59 heavy (non-hydrogen) atoms. The van der Waals surface area contributed by atoms with Crippen LogP contribution in [-0.2, 0) is 27.5 Å². The Kier molecular flexibility index (Phi) is 14.0. The molecule has 4 heterocycles. The number of carboxylic acids is 1. The number of amides is 2. The molecule has 1 aromatic carbocycles. The van der Waals surface area contributed by atoms with Crippen molar-refractivity contribution >= 4 is 29.1 Å². The SMILES string of the molecule is CCCC1C(C(=O)N2CCC(O)(c3ccccc3OC(O)(O)C(O)(O)C(O)(O)C(=O)O)CC2)CCCN1C(=O)c1ncccc1C(F)(F)F.Oc1csc(C(F)(F)F)c1. The Morgan fingerprint density at radius 1 is 0.932 bits per heavy atom. The quantitative estimate of drug-likeness (QED) is 0.105. The van der Waals surface area contributed by atoms with Crippen LogP contribution in [0.2, 0.25) is 0 Å². The Hall–Kier alpha value is -4.62. The zero-order valence-electron chi connectivity index (χ0n) is 30.9. The minimum atomic E-state index is -4.82. The van der Waals surface area contributed by atoms with Crippen LogP contribution in [0, 0.1) is 5.92 Å². The molecule has 2 atom stereocenters. The van der Waals surface area contributed by atoms with Crippen molar-refractivity contribution in [1.82, 2.24) is 14.8 Å². The first-order valence-electron chi connectivity index (χ1n) is 17.7. The minimum Gasteiger partial charge on any atom is -0.507 e. The summed E-state index contributed by atoms with van der Waals surface area (Å²) in [7, 11) is 0. The average Bonchev–Trinajstić information content (AvgIpc) is 3.61. The third-order valence-corrected chi connectivity index (χ3v) is 10.9. The van der Waals surface area contributed by atoms with Crippen LogP contribution in [0.15, 0.2) is 54.0 Å². The second-order valence-electron chi connectivity index (χ2n) is 13.9. The predicted molar refractivity (Wildman–Crippen MR) is 189 cm³/mol. The molecular formula is C36H41F6N3O13S. The highest BCUT2D eigenvalue weighted by Crippen LogP contribution is 2.42. The number of carbonyl (C=O) groups excluding carboxylic acids is 2. The van der Waals surface area contributed by atoms with Gasteiger partial charge in [-0.25, -0.2) is 4.79 Å². The molecule has 0 aliphatic carbocycles. The number of hydrogen-bond acceptors (Lipinski definition) is 14. The number of rotatable bonds is 10. The van der Waals surface area contributed by atoms with Gasteiger partial charge in [0.15, 0.2) is 0 Å². The summed E-state index contributed by atoms with van der Waals surface area (Å²) in [6.45, 7) is 1.79. The number of pyridine rings is 1. The third kappa shape index (κ3) is 10.1. The lowest BCUT2D eigenvalue weighted by Gasteiger charge is -2.45. The second-order valence-corrected chi connectivity index (χ2v) is 14.8. The van der Waals surface area contributed by atoms with E-state index in [1.165, 1.54) is 28.0 Å². The van der Waals surface area contributed by atoms with Crippen molar-refractivity contribution in [1.29, 1.82) is 0 Å². The number of para-hydroxylation sites is 1. The molecule has 2 fully saturated rings. The van der Waals surface area contributed by atoms with Crippen LogP contribution in [0.5, 0.6) is 11.5 Å². The highest BCUT2D eigenvalue weighted by atomic mass is 32.1. The lowest BCUT2D eigenvalue weighted by atomic mass is 9.81. The Morgan fingerprint density at radius 3 is 2.08 bits per heavy atom. The standard InChI is InChI=1S/C31H38F3N3O12.C5H3F3OS/c1-2-7-21-18(8-6-15-37(21)25(39)23-20(29(32,33)34)10-5-14-35-23)24(38)36-16-12-27(42,13-17-36)19-9-3-4-11-22(19)49-31(47,48)30(45,46)28(43,44)26(40)41;6-5(7,8)4-1-3(9)2-10-4/h3-5,9-11,14,18,21,42-48H,2,6-8,12-13,15-17H2,1H3,(H,40,41);1-2,9H. The van der Waals surface area contributed by atoms with E-state index in [0.717, 1.165) is 29.8 Å². The van der Waals surface area contributed by atoms with Crippen molar-refractivity contribution in [2.75, 3.05) is 19.6 Å². The number of aliphatic hydroxyl groups is 7. The maximum Gasteiger partial charge on any atom is 0.425 e. The van der Waals surface area contributed by atoms with Crippen molar-refractivity contribution in [2.45, 2.75) is 87.0 Å². The molecule has 0 bridgehead atoms. The van der Waals surface area contributed by atoms with E-state index in [0.29, 0.717) is 43.1 Å². The fraction of sp³-hybridized carbons (Fsp3) is 0.500. The summed E-state index contributed by atoms with van der Waals surface area (Å²) < 4.78 is 81.0. The van der Waals surface area contributed by atoms with Crippen molar-refractivity contribution < 1.29 is 91.4 Å². The van der Waals surface area contributed by atoms with Gasteiger partial charge in [-0.15, -0.1) is 11.3 Å². The number of alkyl halides is 6. The highest BCUT2D eigenvalue weighted by Gasteiger charge is 2.69. The van der Waals surface area contributed by atoms with E-state index in [1.54, 1.807) is 0 Å². The van der Waals surface area contributed by atoms with E-state index < -0.39 is 81.2 Å². The summed E-state index contributed by atoms with van der Waals surface area (Å²) in [5.74, 6) is -19.2. The predicted octanol–water partition coefficient (Wildman–Crippen LogP) is 2.57. The number of carboxylic acid groups (broad SMARTS) is 1.